The van der Waals surface area contributed by atoms with Gasteiger partial charge in [-0.25, -0.2) is 0 Å². The van der Waals surface area contributed by atoms with Crippen LogP contribution in [-0.2, 0) is 6.42 Å². The maximum absolute atomic E-state index is 5.75. The van der Waals surface area contributed by atoms with Crippen molar-refractivity contribution in [3.63, 3.8) is 0 Å². The predicted octanol–water partition coefficient (Wildman–Crippen LogP) is 4.09. The van der Waals surface area contributed by atoms with Crippen LogP contribution in [0.15, 0.2) is 42.5 Å². The number of aryl methyl sites for hydroxylation is 2. The predicted molar refractivity (Wildman–Crippen MR) is 79.5 cm³/mol. The second-order valence-corrected chi connectivity index (χ2v) is 5.09. The Balaban J connectivity index is 1.96. The highest BCUT2D eigenvalue weighted by Gasteiger charge is 2.13. The third-order valence-electron chi connectivity index (χ3n) is 3.76. The molecule has 2 nitrogen and oxygen atoms in total. The normalized spacial score (nSPS) is 13.6. The molecule has 0 aliphatic carbocycles. The van der Waals surface area contributed by atoms with Gasteiger partial charge in [-0.05, 0) is 43.0 Å². The van der Waals surface area contributed by atoms with Gasteiger partial charge in [0.1, 0.15) is 5.75 Å². The van der Waals surface area contributed by atoms with Crippen molar-refractivity contribution in [2.75, 3.05) is 18.6 Å². The molecule has 0 radical (unpaired) electrons. The summed E-state index contributed by atoms with van der Waals surface area (Å²) in [6.07, 6.45) is 2.25. The molecule has 1 aliphatic heterocycles. The minimum absolute atomic E-state index is 0.838. The number of hydrogen-bond acceptors (Lipinski definition) is 2. The summed E-state index contributed by atoms with van der Waals surface area (Å²) in [5.41, 5.74) is 5.02. The number of rotatable bonds is 2. The molecule has 2 aromatic carbocycles. The van der Waals surface area contributed by atoms with Gasteiger partial charge in [0.2, 0.25) is 0 Å². The fourth-order valence-electron chi connectivity index (χ4n) is 2.62. The van der Waals surface area contributed by atoms with Gasteiger partial charge in [0.25, 0.3) is 0 Å². The van der Waals surface area contributed by atoms with Crippen molar-refractivity contribution in [2.45, 2.75) is 19.8 Å². The van der Waals surface area contributed by atoms with E-state index in [1.54, 1.807) is 0 Å². The monoisotopic (exact) mass is 253 g/mol. The lowest BCUT2D eigenvalue weighted by atomic mass is 10.1. The molecule has 2 aromatic rings. The molecule has 19 heavy (non-hydrogen) atoms. The minimum atomic E-state index is 0.838. The van der Waals surface area contributed by atoms with Crippen LogP contribution in [0, 0.1) is 6.92 Å². The zero-order chi connectivity index (χ0) is 13.2. The van der Waals surface area contributed by atoms with Gasteiger partial charge in [-0.2, -0.15) is 0 Å². The molecular formula is C17H19NO. The van der Waals surface area contributed by atoms with Gasteiger partial charge in [-0.3, -0.25) is 0 Å². The summed E-state index contributed by atoms with van der Waals surface area (Å²) in [6, 6.07) is 15.0. The summed E-state index contributed by atoms with van der Waals surface area (Å²) < 4.78 is 5.75. The lowest BCUT2D eigenvalue weighted by Gasteiger charge is -2.24. The molecule has 0 atom stereocenters. The van der Waals surface area contributed by atoms with Gasteiger partial charge in [0, 0.05) is 24.5 Å². The Morgan fingerprint density at radius 2 is 1.95 bits per heavy atom. The Labute approximate surface area is 114 Å². The Kier molecular flexibility index (Phi) is 3.16. The number of anilines is 2. The topological polar surface area (TPSA) is 12.5 Å². The Bertz CT molecular complexity index is 592. The third-order valence-corrected chi connectivity index (χ3v) is 3.76. The van der Waals surface area contributed by atoms with Crippen LogP contribution in [0.3, 0.4) is 0 Å². The highest BCUT2D eigenvalue weighted by molar-refractivity contribution is 5.67. The van der Waals surface area contributed by atoms with Crippen molar-refractivity contribution >= 4 is 11.4 Å². The molecule has 0 bridgehead atoms. The molecular weight excluding hydrogens is 234 g/mol. The van der Waals surface area contributed by atoms with E-state index >= 15 is 0 Å². The first-order valence-electron chi connectivity index (χ1n) is 6.81. The summed E-state index contributed by atoms with van der Waals surface area (Å²) in [6.45, 7) is 2.98. The van der Waals surface area contributed by atoms with Crippen molar-refractivity contribution < 1.29 is 4.74 Å². The van der Waals surface area contributed by atoms with Crippen molar-refractivity contribution in [1.82, 2.24) is 0 Å². The zero-order valence-electron chi connectivity index (χ0n) is 11.5. The van der Waals surface area contributed by atoms with E-state index in [2.05, 4.69) is 61.3 Å². The Hall–Kier alpha value is -1.96. The first-order valence-corrected chi connectivity index (χ1v) is 6.81. The van der Waals surface area contributed by atoms with E-state index in [1.165, 1.54) is 22.5 Å². The van der Waals surface area contributed by atoms with Crippen LogP contribution in [-0.4, -0.2) is 13.7 Å². The lowest BCUT2D eigenvalue weighted by molar-refractivity contribution is 0.288. The van der Waals surface area contributed by atoms with E-state index in [4.69, 9.17) is 4.74 Å². The van der Waals surface area contributed by atoms with Crippen molar-refractivity contribution in [3.05, 3.63) is 53.6 Å². The van der Waals surface area contributed by atoms with Crippen LogP contribution < -0.4 is 9.64 Å². The van der Waals surface area contributed by atoms with E-state index in [0.717, 1.165) is 25.2 Å². The average molecular weight is 253 g/mol. The molecule has 0 N–H and O–H groups in total. The van der Waals surface area contributed by atoms with Crippen molar-refractivity contribution in [2.24, 2.45) is 0 Å². The van der Waals surface area contributed by atoms with Gasteiger partial charge >= 0.3 is 0 Å². The summed E-state index contributed by atoms with van der Waals surface area (Å²) in [4.78, 5) is 2.22. The largest absolute Gasteiger partial charge is 0.493 e. The number of ether oxygens (including phenoxy) is 1. The number of para-hydroxylation sites is 1. The van der Waals surface area contributed by atoms with E-state index in [9.17, 15) is 0 Å². The van der Waals surface area contributed by atoms with E-state index in [1.807, 2.05) is 0 Å². The molecule has 0 aromatic heterocycles. The van der Waals surface area contributed by atoms with Gasteiger partial charge in [0.05, 0.1) is 6.61 Å². The number of fused-ring (bicyclic) bond motifs is 1. The highest BCUT2D eigenvalue weighted by Crippen LogP contribution is 2.33. The maximum Gasteiger partial charge on any atom is 0.124 e. The number of benzene rings is 2. The first-order chi connectivity index (χ1) is 9.25. The van der Waals surface area contributed by atoms with E-state index in [0.29, 0.717) is 0 Å². The van der Waals surface area contributed by atoms with Gasteiger partial charge in [-0.1, -0.05) is 24.3 Å². The molecule has 1 heterocycles. The van der Waals surface area contributed by atoms with Crippen LogP contribution >= 0.6 is 0 Å². The Morgan fingerprint density at radius 3 is 2.79 bits per heavy atom. The van der Waals surface area contributed by atoms with Crippen LogP contribution in [0.4, 0.5) is 11.4 Å². The molecule has 0 unspecified atom stereocenters. The van der Waals surface area contributed by atoms with Gasteiger partial charge < -0.3 is 9.64 Å². The second kappa shape index (κ2) is 4.96. The van der Waals surface area contributed by atoms with Gasteiger partial charge in [0.15, 0.2) is 0 Å². The molecule has 98 valence electrons. The van der Waals surface area contributed by atoms with Crippen molar-refractivity contribution in [3.8, 4) is 5.75 Å². The van der Waals surface area contributed by atoms with E-state index < -0.39 is 0 Å². The first kappa shape index (κ1) is 12.1. The van der Waals surface area contributed by atoms with Gasteiger partial charge in [-0.15, -0.1) is 0 Å². The second-order valence-electron chi connectivity index (χ2n) is 5.09. The van der Waals surface area contributed by atoms with Crippen LogP contribution in [0.5, 0.6) is 5.75 Å². The molecule has 0 spiro atoms. The molecule has 0 saturated carbocycles. The zero-order valence-corrected chi connectivity index (χ0v) is 11.5. The minimum Gasteiger partial charge on any atom is -0.493 e. The molecule has 2 heteroatoms. The summed E-state index contributed by atoms with van der Waals surface area (Å²) in [5, 5.41) is 0. The molecule has 0 fully saturated rings. The smallest absolute Gasteiger partial charge is 0.124 e. The van der Waals surface area contributed by atoms with E-state index in [-0.39, 0.29) is 0 Å². The standard InChI is InChI=1S/C17H19NO/c1-13-6-3-4-8-16(13)18(2)15-10-9-14-7-5-11-19-17(14)12-15/h3-4,6,8-10,12H,5,7,11H2,1-2H3. The molecule has 0 saturated heterocycles. The fraction of sp³-hybridized carbons (Fsp3) is 0.294. The highest BCUT2D eigenvalue weighted by atomic mass is 16.5. The molecule has 3 rings (SSSR count). The summed E-state index contributed by atoms with van der Waals surface area (Å²) in [5.74, 6) is 1.05. The van der Waals surface area contributed by atoms with Crippen molar-refractivity contribution in [1.29, 1.82) is 0 Å². The third kappa shape index (κ3) is 2.30. The quantitative estimate of drug-likeness (QED) is 0.799. The average Bonchev–Trinajstić information content (AvgIpc) is 2.46. The van der Waals surface area contributed by atoms with Crippen LogP contribution in [0.2, 0.25) is 0 Å². The summed E-state index contributed by atoms with van der Waals surface area (Å²) in [7, 11) is 2.10. The van der Waals surface area contributed by atoms with Crippen LogP contribution in [0.1, 0.15) is 17.5 Å². The lowest BCUT2D eigenvalue weighted by Crippen LogP contribution is -2.13. The molecule has 1 aliphatic rings. The number of nitrogens with zero attached hydrogens (tertiary/aromatic N) is 1. The SMILES string of the molecule is Cc1ccccc1N(C)c1ccc2c(c1)OCCC2. The fourth-order valence-corrected chi connectivity index (χ4v) is 2.62. The molecule has 0 amide bonds. The summed E-state index contributed by atoms with van der Waals surface area (Å²) >= 11 is 0. The Morgan fingerprint density at radius 1 is 1.11 bits per heavy atom. The number of hydrogen-bond donors (Lipinski definition) is 0. The maximum atomic E-state index is 5.75. The van der Waals surface area contributed by atoms with Crippen LogP contribution in [0.25, 0.3) is 0 Å².